The van der Waals surface area contributed by atoms with Gasteiger partial charge in [-0.2, -0.15) is 0 Å². The van der Waals surface area contributed by atoms with Gasteiger partial charge in [0.15, 0.2) is 11.5 Å². The minimum absolute atomic E-state index is 0.114. The molecule has 7 heteroatoms. The summed E-state index contributed by atoms with van der Waals surface area (Å²) in [7, 11) is 0. The number of aromatic carboxylic acids is 1. The molecule has 0 fully saturated rings. The lowest BCUT2D eigenvalue weighted by Crippen LogP contribution is -2.13. The Morgan fingerprint density at radius 1 is 1.44 bits per heavy atom. The van der Waals surface area contributed by atoms with Crippen LogP contribution in [0.1, 0.15) is 17.4 Å². The van der Waals surface area contributed by atoms with Gasteiger partial charge in [0.05, 0.1) is 11.9 Å². The van der Waals surface area contributed by atoms with Crippen molar-refractivity contribution in [2.24, 2.45) is 0 Å². The highest BCUT2D eigenvalue weighted by Gasteiger charge is 2.18. The van der Waals surface area contributed by atoms with Gasteiger partial charge >= 0.3 is 5.97 Å². The highest BCUT2D eigenvalue weighted by atomic mass is 16.4. The Morgan fingerprint density at radius 3 is 2.78 bits per heavy atom. The summed E-state index contributed by atoms with van der Waals surface area (Å²) in [6.07, 6.45) is 4.46. The molecule has 92 valence electrons. The number of pyridine rings is 1. The number of anilines is 1. The zero-order valence-corrected chi connectivity index (χ0v) is 9.49. The van der Waals surface area contributed by atoms with E-state index in [-0.39, 0.29) is 17.4 Å². The summed E-state index contributed by atoms with van der Waals surface area (Å²) in [4.78, 5) is 29.8. The summed E-state index contributed by atoms with van der Waals surface area (Å²) in [5, 5.41) is 11.5. The van der Waals surface area contributed by atoms with Crippen molar-refractivity contribution in [2.75, 3.05) is 5.32 Å². The third kappa shape index (κ3) is 2.19. The molecule has 0 atom stereocenters. The van der Waals surface area contributed by atoms with E-state index < -0.39 is 5.97 Å². The summed E-state index contributed by atoms with van der Waals surface area (Å²) < 4.78 is 1.46. The summed E-state index contributed by atoms with van der Waals surface area (Å²) in [6, 6.07) is 3.43. The lowest BCUT2D eigenvalue weighted by Gasteiger charge is -2.08. The lowest BCUT2D eigenvalue weighted by molar-refractivity contribution is -0.114. The van der Waals surface area contributed by atoms with Gasteiger partial charge < -0.3 is 10.4 Å². The van der Waals surface area contributed by atoms with Crippen LogP contribution < -0.4 is 5.32 Å². The third-order valence-electron chi connectivity index (χ3n) is 2.19. The van der Waals surface area contributed by atoms with Crippen molar-refractivity contribution in [3.63, 3.8) is 0 Å². The molecule has 2 rings (SSSR count). The van der Waals surface area contributed by atoms with E-state index in [9.17, 15) is 9.59 Å². The van der Waals surface area contributed by atoms with Crippen LogP contribution in [-0.4, -0.2) is 31.5 Å². The second-order valence-corrected chi connectivity index (χ2v) is 3.51. The average Bonchev–Trinajstić information content (AvgIpc) is 2.73. The summed E-state index contributed by atoms with van der Waals surface area (Å²) in [5.41, 5.74) is 0.398. The Balaban J connectivity index is 2.54. The van der Waals surface area contributed by atoms with Gasteiger partial charge in [0.1, 0.15) is 6.33 Å². The zero-order valence-electron chi connectivity index (χ0n) is 9.49. The Kier molecular flexibility index (Phi) is 3.05. The van der Waals surface area contributed by atoms with E-state index in [0.717, 1.165) is 0 Å². The fraction of sp³-hybridized carbons (Fsp3) is 0.0909. The molecule has 0 saturated heterocycles. The molecule has 0 aliphatic heterocycles. The summed E-state index contributed by atoms with van der Waals surface area (Å²) in [5.74, 6) is -1.47. The van der Waals surface area contributed by atoms with Crippen LogP contribution in [0, 0.1) is 0 Å². The van der Waals surface area contributed by atoms with Gasteiger partial charge in [0.25, 0.3) is 0 Å². The topological polar surface area (TPSA) is 97.1 Å². The number of amides is 1. The number of carboxylic acids is 1. The third-order valence-corrected chi connectivity index (χ3v) is 2.19. The van der Waals surface area contributed by atoms with Crippen LogP contribution in [0.2, 0.25) is 0 Å². The van der Waals surface area contributed by atoms with Gasteiger partial charge in [-0.25, -0.2) is 9.78 Å². The number of nitrogens with zero attached hydrogens (tertiary/aromatic N) is 3. The van der Waals surface area contributed by atoms with Crippen LogP contribution in [0.5, 0.6) is 0 Å². The predicted molar refractivity (Wildman–Crippen MR) is 62.6 cm³/mol. The first-order valence-corrected chi connectivity index (χ1v) is 5.08. The number of carboxylic acid groups (broad SMARTS) is 1. The van der Waals surface area contributed by atoms with Gasteiger partial charge in [0, 0.05) is 13.1 Å². The first kappa shape index (κ1) is 11.8. The Hall–Kier alpha value is -2.70. The summed E-state index contributed by atoms with van der Waals surface area (Å²) in [6.45, 7) is 1.30. The standard InChI is InChI=1S/C11H10N4O3/c1-7(16)14-10-9(11(17)18)13-6-15(10)8-3-2-4-12-5-8/h2-6H,1H3,(H,14,16)(H,17,18). The largest absolute Gasteiger partial charge is 0.476 e. The maximum atomic E-state index is 11.1. The molecule has 0 spiro atoms. The van der Waals surface area contributed by atoms with Gasteiger partial charge in [0.2, 0.25) is 5.91 Å². The van der Waals surface area contributed by atoms with Gasteiger partial charge in [-0.3, -0.25) is 14.3 Å². The van der Waals surface area contributed by atoms with E-state index in [4.69, 9.17) is 5.11 Å². The fourth-order valence-corrected chi connectivity index (χ4v) is 1.48. The molecule has 0 unspecified atom stereocenters. The molecular weight excluding hydrogens is 236 g/mol. The van der Waals surface area contributed by atoms with Crippen LogP contribution in [0.15, 0.2) is 30.9 Å². The SMILES string of the molecule is CC(=O)Nc1c(C(=O)O)ncn1-c1cccnc1. The molecule has 18 heavy (non-hydrogen) atoms. The van der Waals surface area contributed by atoms with Crippen molar-refractivity contribution in [3.8, 4) is 5.69 Å². The van der Waals surface area contributed by atoms with Crippen molar-refractivity contribution in [2.45, 2.75) is 6.92 Å². The van der Waals surface area contributed by atoms with Crippen LogP contribution in [0.4, 0.5) is 5.82 Å². The molecule has 0 bridgehead atoms. The number of hydrogen-bond acceptors (Lipinski definition) is 4. The molecule has 2 aromatic heterocycles. The van der Waals surface area contributed by atoms with Crippen LogP contribution in [0.3, 0.4) is 0 Å². The van der Waals surface area contributed by atoms with Crippen molar-refractivity contribution in [3.05, 3.63) is 36.5 Å². The second kappa shape index (κ2) is 4.66. The van der Waals surface area contributed by atoms with E-state index >= 15 is 0 Å². The van der Waals surface area contributed by atoms with Gasteiger partial charge in [-0.05, 0) is 12.1 Å². The molecule has 0 saturated carbocycles. The van der Waals surface area contributed by atoms with E-state index in [1.165, 1.54) is 17.8 Å². The molecule has 0 aliphatic carbocycles. The molecule has 2 aromatic rings. The zero-order chi connectivity index (χ0) is 13.1. The minimum Gasteiger partial charge on any atom is -0.476 e. The Labute approximate surface area is 102 Å². The monoisotopic (exact) mass is 246 g/mol. The predicted octanol–water partition coefficient (Wildman–Crippen LogP) is 0.924. The highest BCUT2D eigenvalue weighted by molar-refractivity contribution is 5.97. The van der Waals surface area contributed by atoms with Gasteiger partial charge in [-0.1, -0.05) is 0 Å². The minimum atomic E-state index is -1.21. The van der Waals surface area contributed by atoms with E-state index in [0.29, 0.717) is 5.69 Å². The number of rotatable bonds is 3. The van der Waals surface area contributed by atoms with E-state index in [1.54, 1.807) is 24.5 Å². The van der Waals surface area contributed by atoms with Crippen molar-refractivity contribution < 1.29 is 14.7 Å². The number of imidazole rings is 1. The molecular formula is C11H10N4O3. The lowest BCUT2D eigenvalue weighted by atomic mass is 10.4. The van der Waals surface area contributed by atoms with Crippen LogP contribution >= 0.6 is 0 Å². The number of hydrogen-bond donors (Lipinski definition) is 2. The van der Waals surface area contributed by atoms with Crippen LogP contribution in [-0.2, 0) is 4.79 Å². The fourth-order valence-electron chi connectivity index (χ4n) is 1.48. The number of carbonyl (C=O) groups is 2. The summed E-state index contributed by atoms with van der Waals surface area (Å²) >= 11 is 0. The molecule has 0 aromatic carbocycles. The van der Waals surface area contributed by atoms with Crippen LogP contribution in [0.25, 0.3) is 5.69 Å². The van der Waals surface area contributed by atoms with Crippen molar-refractivity contribution in [1.82, 2.24) is 14.5 Å². The number of nitrogens with one attached hydrogen (secondary N) is 1. The molecule has 2 N–H and O–H groups in total. The molecule has 0 aliphatic rings. The van der Waals surface area contributed by atoms with Gasteiger partial charge in [-0.15, -0.1) is 0 Å². The molecule has 2 heterocycles. The quantitative estimate of drug-likeness (QED) is 0.839. The van der Waals surface area contributed by atoms with E-state index in [1.807, 2.05) is 0 Å². The average molecular weight is 246 g/mol. The van der Waals surface area contributed by atoms with Crippen molar-refractivity contribution in [1.29, 1.82) is 0 Å². The first-order valence-electron chi connectivity index (χ1n) is 5.08. The normalized spacial score (nSPS) is 10.1. The van der Waals surface area contributed by atoms with Crippen molar-refractivity contribution >= 4 is 17.7 Å². The number of aromatic nitrogens is 3. The molecule has 1 amide bonds. The Bertz CT molecular complexity index is 592. The first-order chi connectivity index (χ1) is 8.59. The molecule has 0 radical (unpaired) electrons. The molecule has 7 nitrogen and oxygen atoms in total. The highest BCUT2D eigenvalue weighted by Crippen LogP contribution is 2.19. The number of carbonyl (C=O) groups excluding carboxylic acids is 1. The second-order valence-electron chi connectivity index (χ2n) is 3.51. The smallest absolute Gasteiger partial charge is 0.358 e. The van der Waals surface area contributed by atoms with E-state index in [2.05, 4.69) is 15.3 Å². The maximum Gasteiger partial charge on any atom is 0.358 e. The Morgan fingerprint density at radius 2 is 2.22 bits per heavy atom. The maximum absolute atomic E-state index is 11.1.